The van der Waals surface area contributed by atoms with Gasteiger partial charge < -0.3 is 16.0 Å². The van der Waals surface area contributed by atoms with Gasteiger partial charge in [-0.05, 0) is 44.7 Å². The van der Waals surface area contributed by atoms with Crippen LogP contribution in [0.25, 0.3) is 0 Å². The molecule has 1 saturated carbocycles. The number of amides is 1. The molecule has 17 heavy (non-hydrogen) atoms. The normalized spacial score (nSPS) is 29.2. The first-order valence-electron chi connectivity index (χ1n) is 6.83. The van der Waals surface area contributed by atoms with Crippen molar-refractivity contribution in [3.05, 3.63) is 0 Å². The van der Waals surface area contributed by atoms with Gasteiger partial charge in [-0.1, -0.05) is 13.3 Å². The van der Waals surface area contributed by atoms with E-state index in [1.54, 1.807) is 0 Å². The molecule has 1 aliphatic carbocycles. The Morgan fingerprint density at radius 1 is 1.47 bits per heavy atom. The fourth-order valence-electron chi connectivity index (χ4n) is 3.13. The van der Waals surface area contributed by atoms with Crippen LogP contribution < -0.4 is 11.1 Å². The number of carbonyl (C=O) groups excluding carboxylic acids is 1. The molecule has 4 heteroatoms. The van der Waals surface area contributed by atoms with Crippen molar-refractivity contribution >= 4 is 5.91 Å². The van der Waals surface area contributed by atoms with Crippen molar-refractivity contribution in [2.45, 2.75) is 38.1 Å². The van der Waals surface area contributed by atoms with Crippen LogP contribution in [0.2, 0.25) is 0 Å². The zero-order chi connectivity index (χ0) is 12.5. The Hall–Kier alpha value is -0.610. The van der Waals surface area contributed by atoms with E-state index < -0.39 is 5.54 Å². The first-order valence-corrected chi connectivity index (χ1v) is 6.83. The number of likely N-dealkylation sites (tertiary alicyclic amines) is 1. The van der Waals surface area contributed by atoms with Gasteiger partial charge in [0.25, 0.3) is 0 Å². The summed E-state index contributed by atoms with van der Waals surface area (Å²) in [6.45, 7) is 5.27. The van der Waals surface area contributed by atoms with Crippen LogP contribution in [-0.2, 0) is 4.79 Å². The number of hydrogen-bond acceptors (Lipinski definition) is 3. The Balaban J connectivity index is 2.00. The van der Waals surface area contributed by atoms with Gasteiger partial charge >= 0.3 is 0 Å². The van der Waals surface area contributed by atoms with Gasteiger partial charge in [0.1, 0.15) is 5.54 Å². The molecule has 1 saturated heterocycles. The zero-order valence-electron chi connectivity index (χ0n) is 11.0. The van der Waals surface area contributed by atoms with E-state index in [1.165, 1.54) is 12.8 Å². The lowest BCUT2D eigenvalue weighted by atomic mass is 9.91. The van der Waals surface area contributed by atoms with Crippen molar-refractivity contribution in [1.82, 2.24) is 10.2 Å². The highest BCUT2D eigenvalue weighted by Crippen LogP contribution is 2.40. The Labute approximate surface area is 104 Å². The first-order chi connectivity index (χ1) is 8.12. The SMILES string of the molecule is CCC1CCN(CC(NC)(C(N)=O)C2CC2)C1. The minimum atomic E-state index is -0.484. The predicted molar refractivity (Wildman–Crippen MR) is 68.5 cm³/mol. The molecule has 2 unspecified atom stereocenters. The van der Waals surface area contributed by atoms with E-state index >= 15 is 0 Å². The summed E-state index contributed by atoms with van der Waals surface area (Å²) < 4.78 is 0. The maximum Gasteiger partial charge on any atom is 0.239 e. The lowest BCUT2D eigenvalue weighted by Crippen LogP contribution is -2.61. The summed E-state index contributed by atoms with van der Waals surface area (Å²) in [6.07, 6.45) is 4.77. The fourth-order valence-corrected chi connectivity index (χ4v) is 3.13. The molecule has 1 heterocycles. The number of nitrogens with two attached hydrogens (primary N) is 1. The van der Waals surface area contributed by atoms with E-state index in [4.69, 9.17) is 5.73 Å². The molecule has 0 spiro atoms. The molecule has 0 bridgehead atoms. The van der Waals surface area contributed by atoms with Gasteiger partial charge in [-0.3, -0.25) is 4.79 Å². The molecule has 1 amide bonds. The standard InChI is InChI=1S/C13H25N3O/c1-3-10-6-7-16(8-10)9-13(15-2,12(14)17)11-4-5-11/h10-11,15H,3-9H2,1-2H3,(H2,14,17). The molecule has 2 rings (SSSR count). The van der Waals surface area contributed by atoms with Crippen LogP contribution in [0.15, 0.2) is 0 Å². The number of rotatable bonds is 6. The number of primary amides is 1. The lowest BCUT2D eigenvalue weighted by molar-refractivity contribution is -0.126. The van der Waals surface area contributed by atoms with Crippen LogP contribution in [0.4, 0.5) is 0 Å². The molecular formula is C13H25N3O. The smallest absolute Gasteiger partial charge is 0.239 e. The second-order valence-electron chi connectivity index (χ2n) is 5.66. The van der Waals surface area contributed by atoms with Gasteiger partial charge in [-0.2, -0.15) is 0 Å². The first kappa shape index (κ1) is 12.8. The zero-order valence-corrected chi connectivity index (χ0v) is 11.0. The number of nitrogens with one attached hydrogen (secondary N) is 1. The lowest BCUT2D eigenvalue weighted by Gasteiger charge is -2.34. The van der Waals surface area contributed by atoms with Crippen LogP contribution in [0.3, 0.4) is 0 Å². The van der Waals surface area contributed by atoms with Crippen LogP contribution >= 0.6 is 0 Å². The second kappa shape index (κ2) is 4.94. The molecule has 2 aliphatic rings. The number of carbonyl (C=O) groups is 1. The molecule has 4 nitrogen and oxygen atoms in total. The number of hydrogen-bond donors (Lipinski definition) is 2. The maximum atomic E-state index is 11.8. The highest BCUT2D eigenvalue weighted by molar-refractivity contribution is 5.86. The molecule has 0 aromatic rings. The average Bonchev–Trinajstić information content (AvgIpc) is 3.06. The van der Waals surface area contributed by atoms with E-state index in [1.807, 2.05) is 7.05 Å². The minimum absolute atomic E-state index is 0.178. The third kappa shape index (κ3) is 2.47. The van der Waals surface area contributed by atoms with Crippen LogP contribution in [-0.4, -0.2) is 43.0 Å². The highest BCUT2D eigenvalue weighted by Gasteiger charge is 2.50. The Morgan fingerprint density at radius 2 is 2.18 bits per heavy atom. The van der Waals surface area contributed by atoms with Crippen LogP contribution in [0.5, 0.6) is 0 Å². The van der Waals surface area contributed by atoms with Crippen LogP contribution in [0.1, 0.15) is 32.6 Å². The summed E-state index contributed by atoms with van der Waals surface area (Å²) in [5.74, 6) is 1.07. The highest BCUT2D eigenvalue weighted by atomic mass is 16.1. The summed E-state index contributed by atoms with van der Waals surface area (Å²) in [5.41, 5.74) is 5.16. The van der Waals surface area contributed by atoms with Gasteiger partial charge in [0.2, 0.25) is 5.91 Å². The van der Waals surface area contributed by atoms with E-state index in [0.717, 1.165) is 38.4 Å². The van der Waals surface area contributed by atoms with E-state index in [-0.39, 0.29) is 5.91 Å². The number of likely N-dealkylation sites (N-methyl/N-ethyl adjacent to an activating group) is 1. The van der Waals surface area contributed by atoms with Crippen LogP contribution in [0, 0.1) is 11.8 Å². The number of nitrogens with zero attached hydrogens (tertiary/aromatic N) is 1. The molecule has 0 radical (unpaired) electrons. The van der Waals surface area contributed by atoms with Crippen molar-refractivity contribution in [1.29, 1.82) is 0 Å². The van der Waals surface area contributed by atoms with Gasteiger partial charge in [-0.25, -0.2) is 0 Å². The van der Waals surface area contributed by atoms with Gasteiger partial charge in [0.15, 0.2) is 0 Å². The van der Waals surface area contributed by atoms with Crippen molar-refractivity contribution in [3.63, 3.8) is 0 Å². The molecule has 98 valence electrons. The molecule has 1 aliphatic heterocycles. The topological polar surface area (TPSA) is 58.4 Å². The van der Waals surface area contributed by atoms with Crippen molar-refractivity contribution in [3.8, 4) is 0 Å². The summed E-state index contributed by atoms with van der Waals surface area (Å²) in [7, 11) is 1.87. The second-order valence-corrected chi connectivity index (χ2v) is 5.66. The molecule has 0 aromatic carbocycles. The Morgan fingerprint density at radius 3 is 2.59 bits per heavy atom. The van der Waals surface area contributed by atoms with E-state index in [0.29, 0.717) is 5.92 Å². The average molecular weight is 239 g/mol. The molecular weight excluding hydrogens is 214 g/mol. The van der Waals surface area contributed by atoms with E-state index in [9.17, 15) is 4.79 Å². The van der Waals surface area contributed by atoms with Gasteiger partial charge in [0, 0.05) is 13.1 Å². The monoisotopic (exact) mass is 239 g/mol. The fraction of sp³-hybridized carbons (Fsp3) is 0.923. The molecule has 2 atom stereocenters. The molecule has 2 fully saturated rings. The summed E-state index contributed by atoms with van der Waals surface area (Å²) in [4.78, 5) is 14.2. The molecule has 3 N–H and O–H groups in total. The molecule has 0 aromatic heterocycles. The summed E-state index contributed by atoms with van der Waals surface area (Å²) in [6, 6.07) is 0. The third-order valence-corrected chi connectivity index (χ3v) is 4.58. The van der Waals surface area contributed by atoms with Crippen molar-refractivity contribution < 1.29 is 4.79 Å². The van der Waals surface area contributed by atoms with Gasteiger partial charge in [0.05, 0.1) is 0 Å². The largest absolute Gasteiger partial charge is 0.368 e. The maximum absolute atomic E-state index is 11.8. The minimum Gasteiger partial charge on any atom is -0.368 e. The van der Waals surface area contributed by atoms with E-state index in [2.05, 4.69) is 17.1 Å². The summed E-state index contributed by atoms with van der Waals surface area (Å²) >= 11 is 0. The van der Waals surface area contributed by atoms with Crippen molar-refractivity contribution in [2.24, 2.45) is 17.6 Å². The van der Waals surface area contributed by atoms with Crippen molar-refractivity contribution in [2.75, 3.05) is 26.7 Å². The Bertz CT molecular complexity index is 290. The predicted octanol–water partition coefficient (Wildman–Crippen LogP) is 0.572. The Kier molecular flexibility index (Phi) is 3.73. The quantitative estimate of drug-likeness (QED) is 0.712. The van der Waals surface area contributed by atoms with Gasteiger partial charge in [-0.15, -0.1) is 0 Å². The third-order valence-electron chi connectivity index (χ3n) is 4.58. The summed E-state index contributed by atoms with van der Waals surface area (Å²) in [5, 5.41) is 3.22.